The number of methoxy groups -OCH3 is 1. The van der Waals surface area contributed by atoms with E-state index in [2.05, 4.69) is 26.0 Å². The third kappa shape index (κ3) is 4.53. The second-order valence-corrected chi connectivity index (χ2v) is 10.9. The number of carbonyl (C=O) groups excluding carboxylic acids is 1. The Labute approximate surface area is 233 Å². The lowest BCUT2D eigenvalue weighted by atomic mass is 9.88. The van der Waals surface area contributed by atoms with Crippen LogP contribution in [0.15, 0.2) is 48.7 Å². The quantitative estimate of drug-likeness (QED) is 0.248. The first-order valence-corrected chi connectivity index (χ1v) is 13.7. The predicted octanol–water partition coefficient (Wildman–Crippen LogP) is 6.92. The number of halogens is 1. The number of nitrogens with zero attached hydrogens (tertiary/aromatic N) is 2. The zero-order chi connectivity index (χ0) is 28.1. The number of benzene rings is 3. The normalized spacial score (nSPS) is 17.4. The van der Waals surface area contributed by atoms with Crippen LogP contribution in [0.3, 0.4) is 0 Å². The topological polar surface area (TPSA) is 62.6 Å². The first-order chi connectivity index (χ1) is 19.2. The Kier molecular flexibility index (Phi) is 6.61. The van der Waals surface area contributed by atoms with Crippen LogP contribution in [0.5, 0.6) is 11.5 Å². The zero-order valence-corrected chi connectivity index (χ0v) is 23.5. The molecule has 2 aliphatic rings. The number of aromatic nitrogens is 2. The molecule has 1 aromatic heterocycles. The Balaban J connectivity index is 1.29. The van der Waals surface area contributed by atoms with Gasteiger partial charge < -0.3 is 18.8 Å². The van der Waals surface area contributed by atoms with Gasteiger partial charge in [0.15, 0.2) is 0 Å². The molecule has 3 aromatic carbocycles. The van der Waals surface area contributed by atoms with Gasteiger partial charge in [-0.25, -0.2) is 9.37 Å². The van der Waals surface area contributed by atoms with Gasteiger partial charge in [-0.3, -0.25) is 4.79 Å². The molecule has 1 aliphatic heterocycles. The van der Waals surface area contributed by atoms with Crippen LogP contribution in [0.1, 0.15) is 58.5 Å². The number of ether oxygens (including phenoxy) is 3. The van der Waals surface area contributed by atoms with E-state index in [9.17, 15) is 4.79 Å². The van der Waals surface area contributed by atoms with Crippen LogP contribution in [0.2, 0.25) is 0 Å². The largest absolute Gasteiger partial charge is 0.492 e. The monoisotopic (exact) mass is 540 g/mol. The Morgan fingerprint density at radius 3 is 2.60 bits per heavy atom. The van der Waals surface area contributed by atoms with Crippen molar-refractivity contribution in [3.05, 3.63) is 88.1 Å². The maximum atomic E-state index is 15.3. The van der Waals surface area contributed by atoms with Crippen molar-refractivity contribution < 1.29 is 23.4 Å². The van der Waals surface area contributed by atoms with Gasteiger partial charge in [0.1, 0.15) is 29.2 Å². The van der Waals surface area contributed by atoms with Gasteiger partial charge in [0, 0.05) is 41.9 Å². The average Bonchev–Trinajstić information content (AvgIpc) is 3.62. The van der Waals surface area contributed by atoms with Crippen LogP contribution >= 0.6 is 0 Å². The van der Waals surface area contributed by atoms with Crippen molar-refractivity contribution in [1.82, 2.24) is 9.55 Å². The summed E-state index contributed by atoms with van der Waals surface area (Å²) in [6.07, 6.45) is 3.35. The molecule has 40 heavy (non-hydrogen) atoms. The van der Waals surface area contributed by atoms with Gasteiger partial charge in [-0.15, -0.1) is 0 Å². The summed E-state index contributed by atoms with van der Waals surface area (Å²) in [4.78, 5) is 16.4. The van der Waals surface area contributed by atoms with E-state index in [0.717, 1.165) is 56.9 Å². The second-order valence-electron chi connectivity index (χ2n) is 10.9. The fourth-order valence-corrected chi connectivity index (χ4v) is 6.21. The van der Waals surface area contributed by atoms with Crippen molar-refractivity contribution >= 4 is 5.97 Å². The number of imidazole rings is 1. The lowest BCUT2D eigenvalue weighted by molar-refractivity contribution is -0.141. The van der Waals surface area contributed by atoms with E-state index in [1.807, 2.05) is 49.0 Å². The van der Waals surface area contributed by atoms with Gasteiger partial charge in [0.2, 0.25) is 0 Å². The summed E-state index contributed by atoms with van der Waals surface area (Å²) in [5.41, 5.74) is 9.09. The summed E-state index contributed by atoms with van der Waals surface area (Å²) in [5.74, 6) is 1.75. The molecule has 2 atom stereocenters. The van der Waals surface area contributed by atoms with E-state index >= 15 is 4.39 Å². The molecule has 0 bridgehead atoms. The van der Waals surface area contributed by atoms with Crippen molar-refractivity contribution in [2.75, 3.05) is 13.7 Å². The molecular weight excluding hydrogens is 507 g/mol. The third-order valence-corrected chi connectivity index (χ3v) is 8.27. The molecule has 0 saturated heterocycles. The first-order valence-electron chi connectivity index (χ1n) is 13.7. The van der Waals surface area contributed by atoms with Crippen molar-refractivity contribution in [3.8, 4) is 33.9 Å². The zero-order valence-electron chi connectivity index (χ0n) is 23.5. The number of fused-ring (bicyclic) bond motifs is 2. The molecule has 0 amide bonds. The van der Waals surface area contributed by atoms with Crippen molar-refractivity contribution in [2.45, 2.75) is 52.1 Å². The minimum Gasteiger partial charge on any atom is -0.492 e. The number of carbonyl (C=O) groups is 1. The highest BCUT2D eigenvalue weighted by Gasteiger charge is 2.32. The number of hydrogen-bond acceptors (Lipinski definition) is 5. The van der Waals surface area contributed by atoms with E-state index in [0.29, 0.717) is 30.1 Å². The van der Waals surface area contributed by atoms with Crippen molar-refractivity contribution in [3.63, 3.8) is 0 Å². The fourth-order valence-electron chi connectivity index (χ4n) is 6.21. The number of hydrogen-bond donors (Lipinski definition) is 0. The molecule has 6 nitrogen and oxygen atoms in total. The summed E-state index contributed by atoms with van der Waals surface area (Å²) in [6.45, 7) is 6.64. The van der Waals surface area contributed by atoms with Gasteiger partial charge in [-0.05, 0) is 85.7 Å². The van der Waals surface area contributed by atoms with E-state index in [1.165, 1.54) is 7.11 Å². The molecule has 0 saturated carbocycles. The predicted molar refractivity (Wildman–Crippen MR) is 151 cm³/mol. The van der Waals surface area contributed by atoms with Gasteiger partial charge in [-0.1, -0.05) is 12.1 Å². The fraction of sp³-hybridized carbons (Fsp3) is 0.333. The highest BCUT2D eigenvalue weighted by atomic mass is 19.1. The van der Waals surface area contributed by atoms with E-state index in [4.69, 9.17) is 19.2 Å². The third-order valence-electron chi connectivity index (χ3n) is 8.27. The molecule has 6 rings (SSSR count). The van der Waals surface area contributed by atoms with Crippen molar-refractivity contribution in [1.29, 1.82) is 0 Å². The Morgan fingerprint density at radius 1 is 1.12 bits per heavy atom. The summed E-state index contributed by atoms with van der Waals surface area (Å²) < 4.78 is 34.4. The van der Waals surface area contributed by atoms with E-state index in [1.54, 1.807) is 6.07 Å². The van der Waals surface area contributed by atoms with Gasteiger partial charge in [0.05, 0.1) is 25.8 Å². The van der Waals surface area contributed by atoms with Crippen LogP contribution < -0.4 is 9.47 Å². The minimum absolute atomic E-state index is 0.0386. The lowest BCUT2D eigenvalue weighted by Crippen LogP contribution is -2.09. The minimum atomic E-state index is -0.392. The molecular formula is C33H33FN2O4. The Bertz CT molecular complexity index is 1600. The molecule has 0 radical (unpaired) electrons. The molecule has 2 heterocycles. The maximum absolute atomic E-state index is 15.3. The Morgan fingerprint density at radius 2 is 1.90 bits per heavy atom. The van der Waals surface area contributed by atoms with Gasteiger partial charge in [0.25, 0.3) is 0 Å². The van der Waals surface area contributed by atoms with Crippen LogP contribution in [-0.2, 0) is 23.0 Å². The average molecular weight is 541 g/mol. The number of esters is 1. The highest BCUT2D eigenvalue weighted by Crippen LogP contribution is 2.45. The highest BCUT2D eigenvalue weighted by molar-refractivity contribution is 5.79. The molecule has 0 spiro atoms. The maximum Gasteiger partial charge on any atom is 0.306 e. The Hall–Kier alpha value is -4.13. The molecule has 1 aliphatic carbocycles. The molecule has 0 N–H and O–H groups in total. The number of aryl methyl sites for hydroxylation is 4. The molecule has 1 unspecified atom stereocenters. The summed E-state index contributed by atoms with van der Waals surface area (Å²) in [5, 5.41) is 0. The van der Waals surface area contributed by atoms with Crippen LogP contribution in [0.25, 0.3) is 22.4 Å². The smallest absolute Gasteiger partial charge is 0.306 e. The SMILES string of the molecule is COC(=O)CC1COc2cc(O[C@@H]3CCc4c(-c5c(C)cc(-c6cn(C)c(C)n6)cc5C)ccc(F)c43)ccc21. The molecule has 4 aromatic rings. The number of rotatable bonds is 6. The van der Waals surface area contributed by atoms with E-state index in [-0.39, 0.29) is 24.1 Å². The molecule has 0 fully saturated rings. The van der Waals surface area contributed by atoms with E-state index < -0.39 is 6.10 Å². The van der Waals surface area contributed by atoms with Gasteiger partial charge in [-0.2, -0.15) is 0 Å². The van der Waals surface area contributed by atoms with Crippen molar-refractivity contribution in [2.24, 2.45) is 7.05 Å². The van der Waals surface area contributed by atoms with Crippen LogP contribution in [0, 0.1) is 26.6 Å². The van der Waals surface area contributed by atoms with Crippen LogP contribution in [-0.4, -0.2) is 29.2 Å². The first kappa shape index (κ1) is 26.1. The standard InChI is InChI=1S/C33H33FN2O4/c1-18-12-21(28-16-36(4)20(3)35-28)13-19(2)32(18)25-8-10-27(34)33-26(25)9-11-29(33)40-23-6-7-24-22(14-31(37)38-5)17-39-30(24)15-23/h6-8,10,12-13,15-16,22,29H,9,11,14,17H2,1-5H3/t22?,29-/m1/s1. The summed E-state index contributed by atoms with van der Waals surface area (Å²) in [7, 11) is 3.39. The van der Waals surface area contributed by atoms with Gasteiger partial charge >= 0.3 is 5.97 Å². The van der Waals surface area contributed by atoms with Crippen LogP contribution in [0.4, 0.5) is 4.39 Å². The summed E-state index contributed by atoms with van der Waals surface area (Å²) >= 11 is 0. The lowest BCUT2D eigenvalue weighted by Gasteiger charge is -2.19. The molecule has 7 heteroatoms. The summed E-state index contributed by atoms with van der Waals surface area (Å²) in [6, 6.07) is 13.5. The molecule has 206 valence electrons. The second kappa shape index (κ2) is 10.1.